The van der Waals surface area contributed by atoms with Crippen molar-refractivity contribution in [1.29, 1.82) is 0 Å². The summed E-state index contributed by atoms with van der Waals surface area (Å²) in [6.45, 7) is 7.24. The van der Waals surface area contributed by atoms with Gasteiger partial charge in [-0.15, -0.1) is 0 Å². The van der Waals surface area contributed by atoms with E-state index in [2.05, 4.69) is 28.2 Å². The molecule has 0 radical (unpaired) electrons. The number of carbonyl (C=O) groups is 1. The van der Waals surface area contributed by atoms with Crippen molar-refractivity contribution in [2.45, 2.75) is 13.3 Å². The van der Waals surface area contributed by atoms with Gasteiger partial charge in [-0.3, -0.25) is 4.79 Å². The average Bonchev–Trinajstić information content (AvgIpc) is 2.90. The first-order valence-electron chi connectivity index (χ1n) is 7.32. The maximum absolute atomic E-state index is 12.6. The topological polar surface area (TPSA) is 74.5 Å². The Morgan fingerprint density at radius 3 is 2.81 bits per heavy atom. The fourth-order valence-corrected chi connectivity index (χ4v) is 3.57. The molecule has 0 atom stereocenters. The molecule has 0 aromatic carbocycles. The monoisotopic (exact) mass is 307 g/mol. The number of hydrogen-bond acceptors (Lipinski definition) is 6. The summed E-state index contributed by atoms with van der Waals surface area (Å²) in [6.07, 6.45) is 3.05. The molecule has 7 heteroatoms. The largest absolute Gasteiger partial charge is 0.382 e. The molecule has 2 aliphatic rings. The summed E-state index contributed by atoms with van der Waals surface area (Å²) in [4.78, 5) is 21.6. The van der Waals surface area contributed by atoms with Gasteiger partial charge in [0.05, 0.1) is 0 Å². The summed E-state index contributed by atoms with van der Waals surface area (Å²) in [5, 5.41) is 4.17. The number of rotatable bonds is 2. The quantitative estimate of drug-likeness (QED) is 0.795. The second-order valence-corrected chi connectivity index (χ2v) is 6.48. The van der Waals surface area contributed by atoms with Crippen LogP contribution in [0.15, 0.2) is 11.6 Å². The molecular weight excluding hydrogens is 286 g/mol. The molecule has 1 saturated heterocycles. The van der Waals surface area contributed by atoms with E-state index in [1.807, 2.05) is 4.90 Å². The zero-order valence-corrected chi connectivity index (χ0v) is 13.1. The standard InChI is InChI=1S/C14H21N5OS/c1-10-2-6-18(7-3-10)13(20)11-12(15)17-14(21-11)19-8-4-16-5-9-19/h2,16H,3-9,15H2,1H3. The Labute approximate surface area is 128 Å². The summed E-state index contributed by atoms with van der Waals surface area (Å²) < 4.78 is 0. The first-order chi connectivity index (χ1) is 10.1. The molecule has 114 valence electrons. The Kier molecular flexibility index (Phi) is 4.12. The lowest BCUT2D eigenvalue weighted by Crippen LogP contribution is -2.43. The highest BCUT2D eigenvalue weighted by Crippen LogP contribution is 2.30. The fourth-order valence-electron chi connectivity index (χ4n) is 2.56. The second-order valence-electron chi connectivity index (χ2n) is 5.50. The molecule has 0 aliphatic carbocycles. The Morgan fingerprint density at radius 1 is 1.38 bits per heavy atom. The first kappa shape index (κ1) is 14.3. The smallest absolute Gasteiger partial charge is 0.268 e. The van der Waals surface area contributed by atoms with Crippen LogP contribution in [0.25, 0.3) is 0 Å². The number of thiazole rings is 1. The van der Waals surface area contributed by atoms with E-state index < -0.39 is 0 Å². The molecule has 1 fully saturated rings. The molecule has 2 aliphatic heterocycles. The van der Waals surface area contributed by atoms with Crippen molar-refractivity contribution in [1.82, 2.24) is 15.2 Å². The molecule has 1 aromatic rings. The molecule has 1 amide bonds. The van der Waals surface area contributed by atoms with Crippen LogP contribution in [-0.4, -0.2) is 55.1 Å². The van der Waals surface area contributed by atoms with E-state index in [-0.39, 0.29) is 5.91 Å². The van der Waals surface area contributed by atoms with E-state index in [1.165, 1.54) is 16.9 Å². The molecule has 3 N–H and O–H groups in total. The summed E-state index contributed by atoms with van der Waals surface area (Å²) >= 11 is 1.42. The molecule has 1 aromatic heterocycles. The molecule has 0 bridgehead atoms. The lowest BCUT2D eigenvalue weighted by molar-refractivity contribution is 0.0774. The van der Waals surface area contributed by atoms with Gasteiger partial charge in [0.2, 0.25) is 0 Å². The minimum atomic E-state index is 0.00938. The third-order valence-electron chi connectivity index (χ3n) is 3.95. The normalized spacial score (nSPS) is 19.6. The van der Waals surface area contributed by atoms with Gasteiger partial charge in [-0.2, -0.15) is 0 Å². The Morgan fingerprint density at radius 2 is 2.14 bits per heavy atom. The highest BCUT2D eigenvalue weighted by atomic mass is 32.1. The van der Waals surface area contributed by atoms with Crippen molar-refractivity contribution < 1.29 is 4.79 Å². The van der Waals surface area contributed by atoms with Gasteiger partial charge in [0.25, 0.3) is 5.91 Å². The van der Waals surface area contributed by atoms with E-state index >= 15 is 0 Å². The Hall–Kier alpha value is -1.60. The number of nitrogens with zero attached hydrogens (tertiary/aromatic N) is 3. The van der Waals surface area contributed by atoms with Gasteiger partial charge in [-0.05, 0) is 13.3 Å². The molecular formula is C14H21N5OS. The zero-order chi connectivity index (χ0) is 14.8. The van der Waals surface area contributed by atoms with Gasteiger partial charge in [0.15, 0.2) is 5.13 Å². The van der Waals surface area contributed by atoms with Crippen molar-refractivity contribution >= 4 is 28.2 Å². The molecule has 0 saturated carbocycles. The van der Waals surface area contributed by atoms with Crippen LogP contribution in [0, 0.1) is 0 Å². The van der Waals surface area contributed by atoms with Crippen LogP contribution in [-0.2, 0) is 0 Å². The minimum Gasteiger partial charge on any atom is -0.382 e. The third kappa shape index (κ3) is 3.03. The maximum atomic E-state index is 12.6. The van der Waals surface area contributed by atoms with E-state index in [1.54, 1.807) is 0 Å². The number of aromatic nitrogens is 1. The number of hydrogen-bond donors (Lipinski definition) is 2. The van der Waals surface area contributed by atoms with Crippen molar-refractivity contribution in [2.75, 3.05) is 49.9 Å². The lowest BCUT2D eigenvalue weighted by atomic mass is 10.1. The number of carbonyl (C=O) groups excluding carboxylic acids is 1. The number of nitrogen functional groups attached to an aromatic ring is 1. The number of anilines is 2. The minimum absolute atomic E-state index is 0.00938. The Balaban J connectivity index is 1.76. The number of piperazine rings is 1. The summed E-state index contributed by atoms with van der Waals surface area (Å²) in [7, 11) is 0. The van der Waals surface area contributed by atoms with Crippen molar-refractivity contribution in [2.24, 2.45) is 0 Å². The third-order valence-corrected chi connectivity index (χ3v) is 5.07. The van der Waals surface area contributed by atoms with Gasteiger partial charge >= 0.3 is 0 Å². The van der Waals surface area contributed by atoms with Crippen LogP contribution in [0.5, 0.6) is 0 Å². The molecule has 3 heterocycles. The number of amides is 1. The molecule has 3 rings (SSSR count). The van der Waals surface area contributed by atoms with Crippen LogP contribution in [0.1, 0.15) is 23.0 Å². The predicted octanol–water partition coefficient (Wildman–Crippen LogP) is 0.927. The second kappa shape index (κ2) is 6.03. The first-order valence-corrected chi connectivity index (χ1v) is 8.13. The average molecular weight is 307 g/mol. The van der Waals surface area contributed by atoms with Crippen molar-refractivity contribution in [3.8, 4) is 0 Å². The SMILES string of the molecule is CC1=CCN(C(=O)c2sc(N3CCNCC3)nc2N)CC1. The number of nitrogens with two attached hydrogens (primary N) is 1. The molecule has 0 unspecified atom stereocenters. The van der Waals surface area contributed by atoms with Crippen molar-refractivity contribution in [3.05, 3.63) is 16.5 Å². The van der Waals surface area contributed by atoms with E-state index in [9.17, 15) is 4.79 Å². The van der Waals surface area contributed by atoms with Gasteiger partial charge in [0.1, 0.15) is 10.7 Å². The summed E-state index contributed by atoms with van der Waals surface area (Å²) in [5.74, 6) is 0.375. The molecule has 6 nitrogen and oxygen atoms in total. The van der Waals surface area contributed by atoms with Crippen molar-refractivity contribution in [3.63, 3.8) is 0 Å². The van der Waals surface area contributed by atoms with E-state index in [0.29, 0.717) is 17.2 Å². The van der Waals surface area contributed by atoms with Gasteiger partial charge in [-0.25, -0.2) is 4.98 Å². The fraction of sp³-hybridized carbons (Fsp3) is 0.571. The number of nitrogens with one attached hydrogen (secondary N) is 1. The highest BCUT2D eigenvalue weighted by Gasteiger charge is 2.25. The van der Waals surface area contributed by atoms with Crippen LogP contribution >= 0.6 is 11.3 Å². The van der Waals surface area contributed by atoms with E-state index in [4.69, 9.17) is 5.73 Å². The molecule has 0 spiro atoms. The Bertz CT molecular complexity index is 562. The van der Waals surface area contributed by atoms with Crippen LogP contribution in [0.2, 0.25) is 0 Å². The van der Waals surface area contributed by atoms with E-state index in [0.717, 1.165) is 44.3 Å². The van der Waals surface area contributed by atoms with Crippen LogP contribution < -0.4 is 16.0 Å². The van der Waals surface area contributed by atoms with Gasteiger partial charge in [-0.1, -0.05) is 23.0 Å². The molecule has 21 heavy (non-hydrogen) atoms. The summed E-state index contributed by atoms with van der Waals surface area (Å²) in [6, 6.07) is 0. The van der Waals surface area contributed by atoms with Gasteiger partial charge in [0, 0.05) is 39.3 Å². The van der Waals surface area contributed by atoms with Gasteiger partial charge < -0.3 is 20.9 Å². The maximum Gasteiger partial charge on any atom is 0.268 e. The predicted molar refractivity (Wildman–Crippen MR) is 85.9 cm³/mol. The lowest BCUT2D eigenvalue weighted by Gasteiger charge is -2.26. The van der Waals surface area contributed by atoms with Crippen LogP contribution in [0.4, 0.5) is 10.9 Å². The van der Waals surface area contributed by atoms with Crippen LogP contribution in [0.3, 0.4) is 0 Å². The summed E-state index contributed by atoms with van der Waals surface area (Å²) in [5.41, 5.74) is 7.32. The highest BCUT2D eigenvalue weighted by molar-refractivity contribution is 7.18. The zero-order valence-electron chi connectivity index (χ0n) is 12.3.